The van der Waals surface area contributed by atoms with Crippen molar-refractivity contribution in [2.75, 3.05) is 26.2 Å². The van der Waals surface area contributed by atoms with Crippen molar-refractivity contribution in [3.8, 4) is 0 Å². The van der Waals surface area contributed by atoms with E-state index >= 15 is 0 Å². The summed E-state index contributed by atoms with van der Waals surface area (Å²) < 4.78 is 5.85. The van der Waals surface area contributed by atoms with E-state index in [9.17, 15) is 5.11 Å². The Labute approximate surface area is 125 Å². The van der Waals surface area contributed by atoms with Crippen LogP contribution in [0.1, 0.15) is 25.5 Å². The lowest BCUT2D eigenvalue weighted by atomic mass is 9.99. The summed E-state index contributed by atoms with van der Waals surface area (Å²) in [4.78, 5) is 2.26. The number of rotatable bonds is 4. The molecule has 1 aromatic rings. The third kappa shape index (κ3) is 3.51. The smallest absolute Gasteiger partial charge is 0.0940 e. The standard InChI is InChI=1S/C15H23ClN2O2/c1-15(2)10-18(8-11(9-19)20-15)14(7-17)12-5-3-4-6-13(12)16/h3-6,11,14,19H,7-10,17H2,1-2H3. The molecule has 2 atom stereocenters. The number of aliphatic hydroxyl groups is 1. The molecule has 20 heavy (non-hydrogen) atoms. The number of ether oxygens (including phenoxy) is 1. The van der Waals surface area contributed by atoms with Crippen LogP contribution in [0.25, 0.3) is 0 Å². The van der Waals surface area contributed by atoms with Gasteiger partial charge in [0.1, 0.15) is 0 Å². The van der Waals surface area contributed by atoms with Crippen molar-refractivity contribution < 1.29 is 9.84 Å². The zero-order valence-corrected chi connectivity index (χ0v) is 12.8. The van der Waals surface area contributed by atoms with E-state index < -0.39 is 0 Å². The molecule has 2 unspecified atom stereocenters. The van der Waals surface area contributed by atoms with E-state index in [1.54, 1.807) is 0 Å². The molecule has 0 aromatic heterocycles. The van der Waals surface area contributed by atoms with Crippen LogP contribution in [0.3, 0.4) is 0 Å². The topological polar surface area (TPSA) is 58.7 Å². The monoisotopic (exact) mass is 298 g/mol. The van der Waals surface area contributed by atoms with Crippen LogP contribution < -0.4 is 5.73 Å². The van der Waals surface area contributed by atoms with Crippen molar-refractivity contribution in [3.05, 3.63) is 34.9 Å². The van der Waals surface area contributed by atoms with Crippen LogP contribution in [0.2, 0.25) is 5.02 Å². The Hall–Kier alpha value is -0.650. The SMILES string of the molecule is CC1(C)CN(C(CN)c2ccccc2Cl)CC(CO)O1. The van der Waals surface area contributed by atoms with E-state index in [1.807, 2.05) is 38.1 Å². The van der Waals surface area contributed by atoms with Crippen LogP contribution in [0.5, 0.6) is 0 Å². The molecule has 5 heteroatoms. The Balaban J connectivity index is 2.25. The van der Waals surface area contributed by atoms with E-state index in [4.69, 9.17) is 22.1 Å². The number of nitrogens with zero attached hydrogens (tertiary/aromatic N) is 1. The highest BCUT2D eigenvalue weighted by molar-refractivity contribution is 6.31. The van der Waals surface area contributed by atoms with Gasteiger partial charge in [0.05, 0.1) is 18.3 Å². The first-order chi connectivity index (χ1) is 9.46. The largest absolute Gasteiger partial charge is 0.394 e. The Kier molecular flexibility index (Phi) is 5.04. The first-order valence-electron chi connectivity index (χ1n) is 6.94. The lowest BCUT2D eigenvalue weighted by Gasteiger charge is -2.45. The summed E-state index contributed by atoms with van der Waals surface area (Å²) in [7, 11) is 0. The van der Waals surface area contributed by atoms with Crippen molar-refractivity contribution in [2.45, 2.75) is 31.6 Å². The number of hydrogen-bond donors (Lipinski definition) is 2. The molecule has 1 saturated heterocycles. The molecule has 0 spiro atoms. The van der Waals surface area contributed by atoms with Crippen molar-refractivity contribution in [2.24, 2.45) is 5.73 Å². The summed E-state index contributed by atoms with van der Waals surface area (Å²) in [5.41, 5.74) is 6.70. The first kappa shape index (κ1) is 15.7. The Bertz CT molecular complexity index is 453. The predicted molar refractivity (Wildman–Crippen MR) is 80.9 cm³/mol. The fourth-order valence-corrected chi connectivity index (χ4v) is 3.15. The Morgan fingerprint density at radius 1 is 1.50 bits per heavy atom. The molecule has 0 amide bonds. The summed E-state index contributed by atoms with van der Waals surface area (Å²) in [5, 5.41) is 10.1. The maximum atomic E-state index is 9.41. The van der Waals surface area contributed by atoms with Gasteiger partial charge in [-0.25, -0.2) is 0 Å². The fraction of sp³-hybridized carbons (Fsp3) is 0.600. The van der Waals surface area contributed by atoms with Crippen LogP contribution in [-0.4, -0.2) is 48.0 Å². The van der Waals surface area contributed by atoms with Gasteiger partial charge in [0, 0.05) is 30.7 Å². The summed E-state index contributed by atoms with van der Waals surface area (Å²) in [6, 6.07) is 7.82. The van der Waals surface area contributed by atoms with Gasteiger partial charge in [-0.2, -0.15) is 0 Å². The minimum atomic E-state index is -0.305. The zero-order valence-electron chi connectivity index (χ0n) is 12.1. The number of benzene rings is 1. The molecular weight excluding hydrogens is 276 g/mol. The van der Waals surface area contributed by atoms with E-state index in [0.29, 0.717) is 13.1 Å². The second-order valence-electron chi connectivity index (χ2n) is 5.88. The molecule has 0 bridgehead atoms. The molecule has 1 aliphatic rings. The molecule has 1 aliphatic heterocycles. The second kappa shape index (κ2) is 6.41. The summed E-state index contributed by atoms with van der Waals surface area (Å²) in [6.07, 6.45) is -0.185. The molecule has 0 aliphatic carbocycles. The Morgan fingerprint density at radius 3 is 2.80 bits per heavy atom. The first-order valence-corrected chi connectivity index (χ1v) is 7.32. The van der Waals surface area contributed by atoms with Crippen molar-refractivity contribution >= 4 is 11.6 Å². The van der Waals surface area contributed by atoms with Crippen molar-refractivity contribution in [1.29, 1.82) is 0 Å². The van der Waals surface area contributed by atoms with E-state index in [1.165, 1.54) is 0 Å². The maximum absolute atomic E-state index is 9.41. The Morgan fingerprint density at radius 2 is 2.20 bits per heavy atom. The van der Waals surface area contributed by atoms with Gasteiger partial charge in [0.2, 0.25) is 0 Å². The van der Waals surface area contributed by atoms with Gasteiger partial charge in [0.25, 0.3) is 0 Å². The predicted octanol–water partition coefficient (Wildman–Crippen LogP) is 1.81. The summed E-state index contributed by atoms with van der Waals surface area (Å²) >= 11 is 6.30. The summed E-state index contributed by atoms with van der Waals surface area (Å²) in [5.74, 6) is 0. The van der Waals surface area contributed by atoms with Crippen LogP contribution in [0, 0.1) is 0 Å². The minimum Gasteiger partial charge on any atom is -0.394 e. The molecule has 2 rings (SSSR count). The quantitative estimate of drug-likeness (QED) is 0.890. The second-order valence-corrected chi connectivity index (χ2v) is 6.29. The fourth-order valence-electron chi connectivity index (χ4n) is 2.89. The van der Waals surface area contributed by atoms with Gasteiger partial charge < -0.3 is 15.6 Å². The summed E-state index contributed by atoms with van der Waals surface area (Å²) in [6.45, 7) is 5.98. The highest BCUT2D eigenvalue weighted by atomic mass is 35.5. The number of halogens is 1. The average Bonchev–Trinajstić information content (AvgIpc) is 2.40. The lowest BCUT2D eigenvalue weighted by molar-refractivity contribution is -0.156. The van der Waals surface area contributed by atoms with Gasteiger partial charge in [-0.15, -0.1) is 0 Å². The van der Waals surface area contributed by atoms with E-state index in [-0.39, 0.29) is 24.4 Å². The third-order valence-corrected chi connectivity index (χ3v) is 3.98. The van der Waals surface area contributed by atoms with Gasteiger partial charge in [0.15, 0.2) is 0 Å². The van der Waals surface area contributed by atoms with Crippen LogP contribution >= 0.6 is 11.6 Å². The molecule has 1 heterocycles. The van der Waals surface area contributed by atoms with Gasteiger partial charge in [-0.3, -0.25) is 4.90 Å². The minimum absolute atomic E-state index is 0.0136. The highest BCUT2D eigenvalue weighted by Gasteiger charge is 2.36. The molecular formula is C15H23ClN2O2. The zero-order chi connectivity index (χ0) is 14.8. The van der Waals surface area contributed by atoms with Gasteiger partial charge in [-0.05, 0) is 25.5 Å². The molecule has 112 valence electrons. The molecule has 0 radical (unpaired) electrons. The molecule has 3 N–H and O–H groups in total. The maximum Gasteiger partial charge on any atom is 0.0940 e. The van der Waals surface area contributed by atoms with Gasteiger partial charge in [-0.1, -0.05) is 29.8 Å². The molecule has 4 nitrogen and oxygen atoms in total. The van der Waals surface area contributed by atoms with Crippen LogP contribution in [0.4, 0.5) is 0 Å². The normalized spacial score (nSPS) is 24.6. The molecule has 0 saturated carbocycles. The number of morpholine rings is 1. The molecule has 1 fully saturated rings. The van der Waals surface area contributed by atoms with Crippen molar-refractivity contribution in [3.63, 3.8) is 0 Å². The van der Waals surface area contributed by atoms with Gasteiger partial charge >= 0.3 is 0 Å². The van der Waals surface area contributed by atoms with Crippen LogP contribution in [-0.2, 0) is 4.74 Å². The third-order valence-electron chi connectivity index (χ3n) is 3.64. The number of aliphatic hydroxyl groups excluding tert-OH is 1. The lowest BCUT2D eigenvalue weighted by Crippen LogP contribution is -2.55. The van der Waals surface area contributed by atoms with Crippen LogP contribution in [0.15, 0.2) is 24.3 Å². The molecule has 1 aromatic carbocycles. The van der Waals surface area contributed by atoms with E-state index in [2.05, 4.69) is 4.90 Å². The highest BCUT2D eigenvalue weighted by Crippen LogP contribution is 2.31. The number of nitrogens with two attached hydrogens (primary N) is 1. The van der Waals surface area contributed by atoms with Crippen molar-refractivity contribution in [1.82, 2.24) is 4.90 Å². The number of hydrogen-bond acceptors (Lipinski definition) is 4. The average molecular weight is 299 g/mol. The van der Waals surface area contributed by atoms with E-state index in [0.717, 1.165) is 17.1 Å².